The zero-order chi connectivity index (χ0) is 20.7. The van der Waals surface area contributed by atoms with E-state index in [1.165, 1.54) is 32.2 Å². The van der Waals surface area contributed by atoms with E-state index in [0.717, 1.165) is 6.07 Å². The van der Waals surface area contributed by atoms with Crippen molar-refractivity contribution in [2.45, 2.75) is 17.9 Å². The minimum atomic E-state index is -3.73. The summed E-state index contributed by atoms with van der Waals surface area (Å²) in [7, 11) is -2.48. The number of sulfonamides is 1. The van der Waals surface area contributed by atoms with Crippen LogP contribution in [0.3, 0.4) is 0 Å². The summed E-state index contributed by atoms with van der Waals surface area (Å²) in [6.45, 7) is 1.32. The van der Waals surface area contributed by atoms with Crippen LogP contribution in [0.2, 0.25) is 0 Å². The molecule has 0 fully saturated rings. The van der Waals surface area contributed by atoms with E-state index in [0.29, 0.717) is 5.56 Å². The predicted molar refractivity (Wildman–Crippen MR) is 99.6 cm³/mol. The fourth-order valence-electron chi connectivity index (χ4n) is 2.07. The molecule has 2 amide bonds. The number of esters is 1. The Kier molecular flexibility index (Phi) is 6.85. The Morgan fingerprint density at radius 3 is 2.21 bits per heavy atom. The van der Waals surface area contributed by atoms with Gasteiger partial charge in [-0.05, 0) is 44.3 Å². The van der Waals surface area contributed by atoms with Crippen molar-refractivity contribution in [1.29, 1.82) is 0 Å². The lowest BCUT2D eigenvalue weighted by Gasteiger charge is -2.14. The van der Waals surface area contributed by atoms with E-state index in [1.807, 2.05) is 0 Å². The summed E-state index contributed by atoms with van der Waals surface area (Å²) in [5.74, 6) is -2.17. The Hall–Kier alpha value is -3.24. The van der Waals surface area contributed by atoms with Crippen LogP contribution in [0.25, 0.3) is 0 Å². The lowest BCUT2D eigenvalue weighted by molar-refractivity contribution is -0.129. The molecule has 0 heterocycles. The van der Waals surface area contributed by atoms with Gasteiger partial charge in [-0.2, -0.15) is 0 Å². The third-order valence-corrected chi connectivity index (χ3v) is 5.05. The van der Waals surface area contributed by atoms with Gasteiger partial charge in [-0.15, -0.1) is 0 Å². The van der Waals surface area contributed by atoms with Gasteiger partial charge in [0.2, 0.25) is 10.0 Å². The Morgan fingerprint density at radius 2 is 1.57 bits per heavy atom. The quantitative estimate of drug-likeness (QED) is 0.477. The first kappa shape index (κ1) is 21.1. The summed E-state index contributed by atoms with van der Waals surface area (Å²) in [6, 6.07) is 13.4. The number of rotatable bonds is 6. The summed E-state index contributed by atoms with van der Waals surface area (Å²) in [5.41, 5.74) is 4.68. The third-order valence-electron chi connectivity index (χ3n) is 3.64. The van der Waals surface area contributed by atoms with Crippen molar-refractivity contribution >= 4 is 27.8 Å². The summed E-state index contributed by atoms with van der Waals surface area (Å²) in [6.07, 6.45) is -1.23. The number of nitrogens with one attached hydrogen (secondary N) is 3. The first-order valence-corrected chi connectivity index (χ1v) is 9.63. The van der Waals surface area contributed by atoms with Crippen molar-refractivity contribution in [1.82, 2.24) is 15.6 Å². The van der Waals surface area contributed by atoms with Gasteiger partial charge in [0.05, 0.1) is 10.5 Å². The normalized spacial score (nSPS) is 11.9. The molecule has 3 N–H and O–H groups in total. The second-order valence-corrected chi connectivity index (χ2v) is 7.48. The lowest BCUT2D eigenvalue weighted by Crippen LogP contribution is -2.46. The van der Waals surface area contributed by atoms with Crippen LogP contribution < -0.4 is 15.6 Å². The number of carbonyl (C=O) groups excluding carboxylic acids is 3. The number of ether oxygens (including phenoxy) is 1. The highest BCUT2D eigenvalue weighted by Crippen LogP contribution is 2.13. The molecular weight excluding hydrogens is 386 g/mol. The Labute approximate surface area is 162 Å². The molecule has 0 aromatic heterocycles. The topological polar surface area (TPSA) is 131 Å². The summed E-state index contributed by atoms with van der Waals surface area (Å²) >= 11 is 0. The van der Waals surface area contributed by atoms with Gasteiger partial charge in [-0.3, -0.25) is 20.4 Å². The number of hydrazine groups is 1. The average Bonchev–Trinajstić information content (AvgIpc) is 2.72. The number of amides is 2. The maximum absolute atomic E-state index is 12.2. The SMILES string of the molecule is CNS(=O)(=O)c1cccc(C(=O)O[C@@H](C)C(=O)NNC(=O)c2ccccc2)c1. The number of carbonyl (C=O) groups is 3. The van der Waals surface area contributed by atoms with Crippen LogP contribution in [-0.4, -0.2) is 39.4 Å². The van der Waals surface area contributed by atoms with Crippen molar-refractivity contribution < 1.29 is 27.5 Å². The highest BCUT2D eigenvalue weighted by Gasteiger charge is 2.21. The molecule has 28 heavy (non-hydrogen) atoms. The highest BCUT2D eigenvalue weighted by atomic mass is 32.2. The van der Waals surface area contributed by atoms with Gasteiger partial charge in [-0.1, -0.05) is 24.3 Å². The second kappa shape index (κ2) is 9.11. The van der Waals surface area contributed by atoms with Gasteiger partial charge in [0.15, 0.2) is 6.10 Å². The smallest absolute Gasteiger partial charge is 0.338 e. The van der Waals surface area contributed by atoms with E-state index in [1.54, 1.807) is 30.3 Å². The summed E-state index contributed by atoms with van der Waals surface area (Å²) < 4.78 is 30.8. The Morgan fingerprint density at radius 1 is 0.929 bits per heavy atom. The van der Waals surface area contributed by atoms with Crippen LogP contribution in [0.4, 0.5) is 0 Å². The van der Waals surface area contributed by atoms with Crippen molar-refractivity contribution in [3.8, 4) is 0 Å². The minimum absolute atomic E-state index is 0.0377. The zero-order valence-electron chi connectivity index (χ0n) is 15.1. The van der Waals surface area contributed by atoms with Gasteiger partial charge >= 0.3 is 5.97 Å². The molecule has 0 aliphatic rings. The highest BCUT2D eigenvalue weighted by molar-refractivity contribution is 7.89. The van der Waals surface area contributed by atoms with Gasteiger partial charge in [0, 0.05) is 5.56 Å². The Balaban J connectivity index is 1.95. The fourth-order valence-corrected chi connectivity index (χ4v) is 2.85. The van der Waals surface area contributed by atoms with Crippen molar-refractivity contribution in [3.05, 3.63) is 65.7 Å². The van der Waals surface area contributed by atoms with E-state index in [2.05, 4.69) is 15.6 Å². The van der Waals surface area contributed by atoms with Crippen LogP contribution in [0, 0.1) is 0 Å². The molecule has 10 heteroatoms. The number of benzene rings is 2. The zero-order valence-corrected chi connectivity index (χ0v) is 15.9. The molecule has 0 saturated heterocycles. The van der Waals surface area contributed by atoms with Crippen LogP contribution >= 0.6 is 0 Å². The molecule has 0 spiro atoms. The van der Waals surface area contributed by atoms with Crippen LogP contribution in [0.15, 0.2) is 59.5 Å². The molecule has 1 atom stereocenters. The van der Waals surface area contributed by atoms with Gasteiger partial charge in [0.25, 0.3) is 11.8 Å². The van der Waals surface area contributed by atoms with E-state index in [-0.39, 0.29) is 10.5 Å². The minimum Gasteiger partial charge on any atom is -0.449 e. The maximum atomic E-state index is 12.2. The number of hydrogen-bond acceptors (Lipinski definition) is 6. The fraction of sp³-hybridized carbons (Fsp3) is 0.167. The standard InChI is InChI=1S/C18H19N3O6S/c1-12(16(22)20-21-17(23)13-7-4-3-5-8-13)27-18(24)14-9-6-10-15(11-14)28(25,26)19-2/h3-12,19H,1-2H3,(H,20,22)(H,21,23)/t12-/m0/s1. The molecule has 2 rings (SSSR count). The van der Waals surface area contributed by atoms with Crippen LogP contribution in [0.1, 0.15) is 27.6 Å². The van der Waals surface area contributed by atoms with E-state index in [9.17, 15) is 22.8 Å². The van der Waals surface area contributed by atoms with E-state index < -0.39 is 33.9 Å². The molecule has 2 aromatic rings. The Bertz CT molecular complexity index is 976. The van der Waals surface area contributed by atoms with Crippen molar-refractivity contribution in [2.75, 3.05) is 7.05 Å². The lowest BCUT2D eigenvalue weighted by atomic mass is 10.2. The van der Waals surface area contributed by atoms with Crippen molar-refractivity contribution in [2.24, 2.45) is 0 Å². The molecule has 148 valence electrons. The molecule has 0 radical (unpaired) electrons. The summed E-state index contributed by atoms with van der Waals surface area (Å²) in [5, 5.41) is 0. The molecule has 2 aromatic carbocycles. The van der Waals surface area contributed by atoms with Crippen molar-refractivity contribution in [3.63, 3.8) is 0 Å². The monoisotopic (exact) mass is 405 g/mol. The largest absolute Gasteiger partial charge is 0.449 e. The predicted octanol–water partition coefficient (Wildman–Crippen LogP) is 0.601. The second-order valence-electron chi connectivity index (χ2n) is 5.59. The molecule has 0 unspecified atom stereocenters. The molecule has 0 saturated carbocycles. The van der Waals surface area contributed by atoms with Crippen LogP contribution in [0.5, 0.6) is 0 Å². The molecule has 0 aliphatic heterocycles. The summed E-state index contributed by atoms with van der Waals surface area (Å²) in [4.78, 5) is 36.0. The molecular formula is C18H19N3O6S. The first-order valence-electron chi connectivity index (χ1n) is 8.14. The van der Waals surface area contributed by atoms with Gasteiger partial charge in [-0.25, -0.2) is 17.9 Å². The van der Waals surface area contributed by atoms with Gasteiger partial charge in [0.1, 0.15) is 0 Å². The molecule has 0 bridgehead atoms. The van der Waals surface area contributed by atoms with E-state index in [4.69, 9.17) is 4.74 Å². The number of hydrogen-bond donors (Lipinski definition) is 3. The third kappa shape index (κ3) is 5.38. The molecule has 0 aliphatic carbocycles. The molecule has 9 nitrogen and oxygen atoms in total. The van der Waals surface area contributed by atoms with Crippen LogP contribution in [-0.2, 0) is 19.6 Å². The first-order chi connectivity index (χ1) is 13.2. The maximum Gasteiger partial charge on any atom is 0.338 e. The average molecular weight is 405 g/mol. The van der Waals surface area contributed by atoms with Gasteiger partial charge < -0.3 is 4.74 Å². The van der Waals surface area contributed by atoms with E-state index >= 15 is 0 Å².